The van der Waals surface area contributed by atoms with Gasteiger partial charge in [-0.3, -0.25) is 4.98 Å². The lowest BCUT2D eigenvalue weighted by Crippen LogP contribution is -2.11. The van der Waals surface area contributed by atoms with E-state index in [1.807, 2.05) is 37.3 Å². The van der Waals surface area contributed by atoms with E-state index in [-0.39, 0.29) is 6.04 Å². The molecule has 0 bridgehead atoms. The maximum atomic E-state index is 5.87. The summed E-state index contributed by atoms with van der Waals surface area (Å²) in [5, 5.41) is 0. The quantitative estimate of drug-likeness (QED) is 0.873. The first-order valence-corrected chi connectivity index (χ1v) is 6.00. The third-order valence-electron chi connectivity index (χ3n) is 2.61. The Balaban J connectivity index is 1.94. The molecule has 0 saturated carbocycles. The van der Waals surface area contributed by atoms with Gasteiger partial charge in [-0.25, -0.2) is 4.98 Å². The van der Waals surface area contributed by atoms with Gasteiger partial charge in [-0.15, -0.1) is 0 Å². The molecule has 1 atom stereocenters. The standard InChI is InChI=1S/C14H17N3O/c1-11(15)13-6-4-9-17-14(13)18-10-7-12-5-2-3-8-16-12/h2-6,8-9,11H,7,10,15H2,1H3/t11-/m1/s1. The molecule has 4 heteroatoms. The third-order valence-corrected chi connectivity index (χ3v) is 2.61. The molecule has 0 saturated heterocycles. The van der Waals surface area contributed by atoms with Crippen LogP contribution in [0.3, 0.4) is 0 Å². The summed E-state index contributed by atoms with van der Waals surface area (Å²) in [6.07, 6.45) is 4.25. The van der Waals surface area contributed by atoms with Crippen molar-refractivity contribution in [1.29, 1.82) is 0 Å². The van der Waals surface area contributed by atoms with Crippen molar-refractivity contribution >= 4 is 0 Å². The van der Waals surface area contributed by atoms with E-state index in [2.05, 4.69) is 9.97 Å². The SMILES string of the molecule is C[C@@H](N)c1cccnc1OCCc1ccccn1. The fourth-order valence-corrected chi connectivity index (χ4v) is 1.67. The Morgan fingerprint density at radius 2 is 2.00 bits per heavy atom. The average molecular weight is 243 g/mol. The second-order valence-corrected chi connectivity index (χ2v) is 4.11. The van der Waals surface area contributed by atoms with Crippen molar-refractivity contribution in [3.63, 3.8) is 0 Å². The molecule has 0 fully saturated rings. The van der Waals surface area contributed by atoms with Gasteiger partial charge in [0, 0.05) is 36.1 Å². The Labute approximate surface area is 107 Å². The highest BCUT2D eigenvalue weighted by Crippen LogP contribution is 2.20. The van der Waals surface area contributed by atoms with Crippen molar-refractivity contribution in [1.82, 2.24) is 9.97 Å². The van der Waals surface area contributed by atoms with Crippen LogP contribution < -0.4 is 10.5 Å². The molecule has 0 spiro atoms. The molecule has 0 aromatic carbocycles. The number of nitrogens with two attached hydrogens (primary N) is 1. The Bertz CT molecular complexity index is 485. The predicted octanol–water partition coefficient (Wildman–Crippen LogP) is 2.12. The van der Waals surface area contributed by atoms with Gasteiger partial charge in [0.2, 0.25) is 5.88 Å². The summed E-state index contributed by atoms with van der Waals surface area (Å²) in [5.41, 5.74) is 7.80. The van der Waals surface area contributed by atoms with Crippen LogP contribution in [0.1, 0.15) is 24.2 Å². The van der Waals surface area contributed by atoms with Crippen molar-refractivity contribution in [2.75, 3.05) is 6.61 Å². The van der Waals surface area contributed by atoms with Gasteiger partial charge in [0.25, 0.3) is 0 Å². The van der Waals surface area contributed by atoms with Crippen molar-refractivity contribution < 1.29 is 4.74 Å². The number of hydrogen-bond acceptors (Lipinski definition) is 4. The van der Waals surface area contributed by atoms with Crippen LogP contribution in [0.25, 0.3) is 0 Å². The Morgan fingerprint density at radius 1 is 1.17 bits per heavy atom. The second-order valence-electron chi connectivity index (χ2n) is 4.11. The van der Waals surface area contributed by atoms with Crippen LogP contribution in [0.4, 0.5) is 0 Å². The van der Waals surface area contributed by atoms with E-state index in [0.717, 1.165) is 17.7 Å². The molecule has 4 nitrogen and oxygen atoms in total. The normalized spacial score (nSPS) is 12.1. The van der Waals surface area contributed by atoms with Gasteiger partial charge in [-0.1, -0.05) is 12.1 Å². The van der Waals surface area contributed by atoms with Gasteiger partial charge >= 0.3 is 0 Å². The number of hydrogen-bond donors (Lipinski definition) is 1. The minimum absolute atomic E-state index is 0.0800. The predicted molar refractivity (Wildman–Crippen MR) is 70.3 cm³/mol. The lowest BCUT2D eigenvalue weighted by Gasteiger charge is -2.12. The molecule has 2 aromatic heterocycles. The minimum Gasteiger partial charge on any atom is -0.477 e. The molecule has 0 amide bonds. The van der Waals surface area contributed by atoms with Gasteiger partial charge in [0.1, 0.15) is 0 Å². The number of aromatic nitrogens is 2. The van der Waals surface area contributed by atoms with Gasteiger partial charge in [0.05, 0.1) is 6.61 Å². The van der Waals surface area contributed by atoms with Crippen molar-refractivity contribution in [3.8, 4) is 5.88 Å². The van der Waals surface area contributed by atoms with Crippen LogP contribution in [-0.4, -0.2) is 16.6 Å². The Morgan fingerprint density at radius 3 is 2.72 bits per heavy atom. The summed E-state index contributed by atoms with van der Waals surface area (Å²) in [6, 6.07) is 9.57. The van der Waals surface area contributed by atoms with Gasteiger partial charge < -0.3 is 10.5 Å². The zero-order valence-electron chi connectivity index (χ0n) is 10.4. The lowest BCUT2D eigenvalue weighted by atomic mass is 10.1. The molecular formula is C14H17N3O. The lowest BCUT2D eigenvalue weighted by molar-refractivity contribution is 0.303. The fraction of sp³-hybridized carbons (Fsp3) is 0.286. The number of ether oxygens (including phenoxy) is 1. The summed E-state index contributed by atoms with van der Waals surface area (Å²) in [5.74, 6) is 0.614. The number of rotatable bonds is 5. The number of pyridine rings is 2. The zero-order chi connectivity index (χ0) is 12.8. The van der Waals surface area contributed by atoms with Crippen LogP contribution in [0, 0.1) is 0 Å². The molecule has 94 valence electrons. The average Bonchev–Trinajstić information content (AvgIpc) is 2.40. The first-order valence-electron chi connectivity index (χ1n) is 6.00. The zero-order valence-corrected chi connectivity index (χ0v) is 10.4. The summed E-state index contributed by atoms with van der Waals surface area (Å²) >= 11 is 0. The fourth-order valence-electron chi connectivity index (χ4n) is 1.67. The highest BCUT2D eigenvalue weighted by Gasteiger charge is 2.08. The molecule has 2 rings (SSSR count). The molecular weight excluding hydrogens is 226 g/mol. The molecule has 2 N–H and O–H groups in total. The van der Waals surface area contributed by atoms with E-state index in [1.54, 1.807) is 12.4 Å². The van der Waals surface area contributed by atoms with Crippen molar-refractivity contribution in [2.45, 2.75) is 19.4 Å². The molecule has 0 radical (unpaired) electrons. The minimum atomic E-state index is -0.0800. The molecule has 0 aliphatic heterocycles. The van der Waals surface area contributed by atoms with E-state index < -0.39 is 0 Å². The molecule has 2 aromatic rings. The highest BCUT2D eigenvalue weighted by atomic mass is 16.5. The van der Waals surface area contributed by atoms with E-state index >= 15 is 0 Å². The summed E-state index contributed by atoms with van der Waals surface area (Å²) < 4.78 is 5.67. The third kappa shape index (κ3) is 3.28. The van der Waals surface area contributed by atoms with Crippen LogP contribution >= 0.6 is 0 Å². The van der Waals surface area contributed by atoms with E-state index in [0.29, 0.717) is 12.5 Å². The second kappa shape index (κ2) is 6.12. The van der Waals surface area contributed by atoms with Crippen molar-refractivity contribution in [3.05, 3.63) is 54.0 Å². The van der Waals surface area contributed by atoms with E-state index in [4.69, 9.17) is 10.5 Å². The maximum Gasteiger partial charge on any atom is 0.218 e. The first kappa shape index (κ1) is 12.5. The topological polar surface area (TPSA) is 61.0 Å². The molecule has 0 aliphatic carbocycles. The highest BCUT2D eigenvalue weighted by molar-refractivity contribution is 5.28. The maximum absolute atomic E-state index is 5.87. The van der Waals surface area contributed by atoms with Crippen LogP contribution in [-0.2, 0) is 6.42 Å². The van der Waals surface area contributed by atoms with Crippen molar-refractivity contribution in [2.24, 2.45) is 5.73 Å². The van der Waals surface area contributed by atoms with Crippen LogP contribution in [0.5, 0.6) is 5.88 Å². The molecule has 2 heterocycles. The molecule has 0 unspecified atom stereocenters. The molecule has 0 aliphatic rings. The van der Waals surface area contributed by atoms with Gasteiger partial charge in [-0.05, 0) is 25.1 Å². The molecule has 18 heavy (non-hydrogen) atoms. The van der Waals surface area contributed by atoms with Gasteiger partial charge in [-0.2, -0.15) is 0 Å². The van der Waals surface area contributed by atoms with E-state index in [9.17, 15) is 0 Å². The number of nitrogens with zero attached hydrogens (tertiary/aromatic N) is 2. The summed E-state index contributed by atoms with van der Waals surface area (Å²) in [4.78, 5) is 8.45. The summed E-state index contributed by atoms with van der Waals surface area (Å²) in [7, 11) is 0. The largest absolute Gasteiger partial charge is 0.477 e. The van der Waals surface area contributed by atoms with Crippen LogP contribution in [0.2, 0.25) is 0 Å². The van der Waals surface area contributed by atoms with E-state index in [1.165, 1.54) is 0 Å². The van der Waals surface area contributed by atoms with Crippen LogP contribution in [0.15, 0.2) is 42.7 Å². The monoisotopic (exact) mass is 243 g/mol. The Hall–Kier alpha value is -1.94. The smallest absolute Gasteiger partial charge is 0.218 e. The van der Waals surface area contributed by atoms with Gasteiger partial charge in [0.15, 0.2) is 0 Å². The Kier molecular flexibility index (Phi) is 4.25. The first-order chi connectivity index (χ1) is 8.77. The summed E-state index contributed by atoms with van der Waals surface area (Å²) in [6.45, 7) is 2.47.